The minimum atomic E-state index is 0.665. The van der Waals surface area contributed by atoms with Gasteiger partial charge in [0.2, 0.25) is 0 Å². The molecule has 0 aromatic rings. The van der Waals surface area contributed by atoms with Gasteiger partial charge in [-0.1, -0.05) is 13.3 Å². The normalized spacial score (nSPS) is 24.2. The lowest BCUT2D eigenvalue weighted by Gasteiger charge is -2.36. The average molecular weight is 184 g/mol. The zero-order valence-corrected chi connectivity index (χ0v) is 9.34. The molecule has 0 aliphatic carbocycles. The van der Waals surface area contributed by atoms with Crippen LogP contribution in [0.5, 0.6) is 0 Å². The van der Waals surface area contributed by atoms with E-state index in [0.29, 0.717) is 12.1 Å². The van der Waals surface area contributed by atoms with Crippen LogP contribution in [0.3, 0.4) is 0 Å². The minimum Gasteiger partial charge on any atom is -0.315 e. The second kappa shape index (κ2) is 5.61. The van der Waals surface area contributed by atoms with E-state index in [2.05, 4.69) is 31.1 Å². The topological polar surface area (TPSA) is 15.3 Å². The Bertz CT molecular complexity index is 126. The molecule has 2 unspecified atom stereocenters. The molecule has 1 N–H and O–H groups in total. The van der Waals surface area contributed by atoms with Crippen molar-refractivity contribution in [2.75, 3.05) is 20.1 Å². The van der Waals surface area contributed by atoms with Crippen LogP contribution in [-0.2, 0) is 0 Å². The Morgan fingerprint density at radius 2 is 1.85 bits per heavy atom. The quantitative estimate of drug-likeness (QED) is 0.717. The van der Waals surface area contributed by atoms with Gasteiger partial charge < -0.3 is 5.32 Å². The maximum absolute atomic E-state index is 3.41. The Hall–Kier alpha value is -0.0800. The monoisotopic (exact) mass is 184 g/mol. The van der Waals surface area contributed by atoms with E-state index in [4.69, 9.17) is 0 Å². The van der Waals surface area contributed by atoms with E-state index < -0.39 is 0 Å². The third-order valence-electron chi connectivity index (χ3n) is 3.36. The maximum Gasteiger partial charge on any atom is 0.0220 e. The number of likely N-dealkylation sites (tertiary alicyclic amines) is 1. The Morgan fingerprint density at radius 3 is 2.31 bits per heavy atom. The van der Waals surface area contributed by atoms with E-state index in [1.54, 1.807) is 0 Å². The molecule has 2 heteroatoms. The molecule has 1 aliphatic rings. The van der Waals surface area contributed by atoms with Gasteiger partial charge in [-0.25, -0.2) is 0 Å². The van der Waals surface area contributed by atoms with E-state index in [0.717, 1.165) is 0 Å². The van der Waals surface area contributed by atoms with Crippen molar-refractivity contribution in [1.82, 2.24) is 10.2 Å². The third kappa shape index (κ3) is 2.96. The van der Waals surface area contributed by atoms with E-state index in [-0.39, 0.29) is 0 Å². The maximum atomic E-state index is 3.41. The lowest BCUT2D eigenvalue weighted by Crippen LogP contribution is -2.48. The molecule has 1 fully saturated rings. The number of piperidine rings is 1. The summed E-state index contributed by atoms with van der Waals surface area (Å²) in [7, 11) is 2.08. The van der Waals surface area contributed by atoms with Crippen molar-refractivity contribution in [1.29, 1.82) is 0 Å². The molecule has 78 valence electrons. The van der Waals surface area contributed by atoms with Crippen LogP contribution >= 0.6 is 0 Å². The number of hydrogen-bond donors (Lipinski definition) is 1. The summed E-state index contributed by atoms with van der Waals surface area (Å²) in [5, 5.41) is 3.41. The van der Waals surface area contributed by atoms with E-state index in [1.165, 1.54) is 38.8 Å². The first kappa shape index (κ1) is 11.0. The second-order valence-electron chi connectivity index (χ2n) is 4.14. The van der Waals surface area contributed by atoms with Gasteiger partial charge in [-0.05, 0) is 46.3 Å². The Kier molecular flexibility index (Phi) is 4.74. The second-order valence-corrected chi connectivity index (χ2v) is 4.14. The summed E-state index contributed by atoms with van der Waals surface area (Å²) >= 11 is 0. The van der Waals surface area contributed by atoms with Gasteiger partial charge >= 0.3 is 0 Å². The van der Waals surface area contributed by atoms with Crippen molar-refractivity contribution in [2.24, 2.45) is 0 Å². The van der Waals surface area contributed by atoms with Crippen molar-refractivity contribution in [3.8, 4) is 0 Å². The predicted molar refractivity (Wildman–Crippen MR) is 58.0 cm³/mol. The molecule has 1 saturated heterocycles. The van der Waals surface area contributed by atoms with Crippen molar-refractivity contribution in [3.05, 3.63) is 0 Å². The Balaban J connectivity index is 2.38. The fourth-order valence-electron chi connectivity index (χ4n) is 2.37. The van der Waals surface area contributed by atoms with Crippen LogP contribution in [0.1, 0.15) is 39.5 Å². The molecule has 0 aromatic heterocycles. The standard InChI is InChI=1S/C11H24N2/c1-4-11(12-3)10(2)13-8-6-5-7-9-13/h10-12H,4-9H2,1-3H3. The fourth-order valence-corrected chi connectivity index (χ4v) is 2.37. The van der Waals surface area contributed by atoms with Gasteiger partial charge in [0.05, 0.1) is 0 Å². The molecule has 2 atom stereocenters. The lowest BCUT2D eigenvalue weighted by molar-refractivity contribution is 0.142. The van der Waals surface area contributed by atoms with Crippen molar-refractivity contribution in [2.45, 2.75) is 51.6 Å². The summed E-state index contributed by atoms with van der Waals surface area (Å²) < 4.78 is 0. The smallest absolute Gasteiger partial charge is 0.0220 e. The molecule has 13 heavy (non-hydrogen) atoms. The van der Waals surface area contributed by atoms with E-state index in [9.17, 15) is 0 Å². The number of likely N-dealkylation sites (N-methyl/N-ethyl adjacent to an activating group) is 1. The van der Waals surface area contributed by atoms with Crippen molar-refractivity contribution >= 4 is 0 Å². The molecule has 1 aliphatic heterocycles. The Morgan fingerprint density at radius 1 is 1.23 bits per heavy atom. The summed E-state index contributed by atoms with van der Waals surface area (Å²) in [4.78, 5) is 2.63. The summed E-state index contributed by atoms with van der Waals surface area (Å²) in [5.41, 5.74) is 0. The SMILES string of the molecule is CCC(NC)C(C)N1CCCCC1. The summed E-state index contributed by atoms with van der Waals surface area (Å²) in [6, 6.07) is 1.37. The first-order valence-electron chi connectivity index (χ1n) is 5.71. The fraction of sp³-hybridized carbons (Fsp3) is 1.00. The largest absolute Gasteiger partial charge is 0.315 e. The zero-order chi connectivity index (χ0) is 9.68. The molecule has 0 saturated carbocycles. The molecule has 0 amide bonds. The van der Waals surface area contributed by atoms with Crippen LogP contribution in [0.2, 0.25) is 0 Å². The number of nitrogens with zero attached hydrogens (tertiary/aromatic N) is 1. The summed E-state index contributed by atoms with van der Waals surface area (Å²) in [5.74, 6) is 0. The van der Waals surface area contributed by atoms with Gasteiger partial charge in [-0.2, -0.15) is 0 Å². The average Bonchev–Trinajstić information content (AvgIpc) is 2.21. The zero-order valence-electron chi connectivity index (χ0n) is 9.34. The molecule has 0 aromatic carbocycles. The molecule has 1 heterocycles. The van der Waals surface area contributed by atoms with Gasteiger partial charge in [-0.15, -0.1) is 0 Å². The third-order valence-corrected chi connectivity index (χ3v) is 3.36. The van der Waals surface area contributed by atoms with Crippen LogP contribution in [0, 0.1) is 0 Å². The Labute approximate surface area is 82.7 Å². The molecule has 0 spiro atoms. The number of rotatable bonds is 4. The van der Waals surface area contributed by atoms with Crippen LogP contribution in [0.25, 0.3) is 0 Å². The van der Waals surface area contributed by atoms with Crippen molar-refractivity contribution < 1.29 is 0 Å². The first-order valence-corrected chi connectivity index (χ1v) is 5.71. The van der Waals surface area contributed by atoms with Gasteiger partial charge in [-0.3, -0.25) is 4.90 Å². The molecule has 0 bridgehead atoms. The molecular formula is C11H24N2. The van der Waals surface area contributed by atoms with E-state index >= 15 is 0 Å². The first-order chi connectivity index (χ1) is 6.29. The van der Waals surface area contributed by atoms with Crippen LogP contribution in [0.15, 0.2) is 0 Å². The minimum absolute atomic E-state index is 0.665. The van der Waals surface area contributed by atoms with Crippen LogP contribution < -0.4 is 5.32 Å². The predicted octanol–water partition coefficient (Wildman–Crippen LogP) is 1.86. The molecular weight excluding hydrogens is 160 g/mol. The van der Waals surface area contributed by atoms with Crippen LogP contribution in [0.4, 0.5) is 0 Å². The number of hydrogen-bond acceptors (Lipinski definition) is 2. The highest BCUT2D eigenvalue weighted by atomic mass is 15.2. The number of nitrogens with one attached hydrogen (secondary N) is 1. The van der Waals surface area contributed by atoms with Crippen molar-refractivity contribution in [3.63, 3.8) is 0 Å². The molecule has 0 radical (unpaired) electrons. The highest BCUT2D eigenvalue weighted by Gasteiger charge is 2.21. The molecule has 2 nitrogen and oxygen atoms in total. The van der Waals surface area contributed by atoms with Gasteiger partial charge in [0.1, 0.15) is 0 Å². The van der Waals surface area contributed by atoms with Gasteiger partial charge in [0.15, 0.2) is 0 Å². The lowest BCUT2D eigenvalue weighted by atomic mass is 10.0. The van der Waals surface area contributed by atoms with Gasteiger partial charge in [0, 0.05) is 12.1 Å². The van der Waals surface area contributed by atoms with Crippen LogP contribution in [-0.4, -0.2) is 37.1 Å². The highest BCUT2D eigenvalue weighted by Crippen LogP contribution is 2.15. The molecule has 1 rings (SSSR count). The van der Waals surface area contributed by atoms with E-state index in [1.807, 2.05) is 0 Å². The van der Waals surface area contributed by atoms with Gasteiger partial charge in [0.25, 0.3) is 0 Å². The summed E-state index contributed by atoms with van der Waals surface area (Å²) in [6.45, 7) is 7.23. The highest BCUT2D eigenvalue weighted by molar-refractivity contribution is 4.80. The summed E-state index contributed by atoms with van der Waals surface area (Å²) in [6.07, 6.45) is 5.45.